The van der Waals surface area contributed by atoms with Gasteiger partial charge < -0.3 is 5.32 Å². The fourth-order valence-corrected chi connectivity index (χ4v) is 1.14. The van der Waals surface area contributed by atoms with Crippen molar-refractivity contribution < 1.29 is 4.79 Å². The normalized spacial score (nSPS) is 12.9. The van der Waals surface area contributed by atoms with Crippen LogP contribution in [0, 0.1) is 5.92 Å². The van der Waals surface area contributed by atoms with Gasteiger partial charge in [-0.05, 0) is 13.0 Å². The number of carbonyl (C=O) groups is 1. The summed E-state index contributed by atoms with van der Waals surface area (Å²) >= 11 is 0. The summed E-state index contributed by atoms with van der Waals surface area (Å²) in [5, 5.41) is 6.99. The van der Waals surface area contributed by atoms with Crippen LogP contribution in [0.25, 0.3) is 0 Å². The SMILES string of the molecule is CC(C)C(=O)N[C@H](C)Cn1cccn1. The fourth-order valence-electron chi connectivity index (χ4n) is 1.14. The maximum Gasteiger partial charge on any atom is 0.222 e. The third kappa shape index (κ3) is 3.20. The molecular formula is C10H17N3O. The van der Waals surface area contributed by atoms with Gasteiger partial charge in [-0.3, -0.25) is 9.48 Å². The summed E-state index contributed by atoms with van der Waals surface area (Å²) in [4.78, 5) is 11.3. The molecule has 1 atom stereocenters. The second kappa shape index (κ2) is 4.79. The van der Waals surface area contributed by atoms with Gasteiger partial charge in [0.2, 0.25) is 5.91 Å². The van der Waals surface area contributed by atoms with Crippen molar-refractivity contribution in [3.8, 4) is 0 Å². The van der Waals surface area contributed by atoms with Gasteiger partial charge in [0.25, 0.3) is 0 Å². The van der Waals surface area contributed by atoms with Crippen LogP contribution in [-0.2, 0) is 11.3 Å². The molecule has 1 heterocycles. The second-order valence-corrected chi connectivity index (χ2v) is 3.79. The van der Waals surface area contributed by atoms with Gasteiger partial charge in [0, 0.05) is 24.4 Å². The average Bonchev–Trinajstić information content (AvgIpc) is 2.56. The Morgan fingerprint density at radius 2 is 2.21 bits per heavy atom. The maximum absolute atomic E-state index is 11.3. The first-order valence-corrected chi connectivity index (χ1v) is 4.87. The molecule has 0 spiro atoms. The van der Waals surface area contributed by atoms with Crippen molar-refractivity contribution in [2.24, 2.45) is 5.92 Å². The Morgan fingerprint density at radius 3 is 2.71 bits per heavy atom. The molecule has 0 aliphatic rings. The molecule has 0 unspecified atom stereocenters. The lowest BCUT2D eigenvalue weighted by molar-refractivity contribution is -0.124. The van der Waals surface area contributed by atoms with E-state index in [1.54, 1.807) is 6.20 Å². The number of nitrogens with zero attached hydrogens (tertiary/aromatic N) is 2. The van der Waals surface area contributed by atoms with Gasteiger partial charge in [0.15, 0.2) is 0 Å². The van der Waals surface area contributed by atoms with E-state index in [1.165, 1.54) is 0 Å². The molecule has 0 aromatic carbocycles. The fraction of sp³-hybridized carbons (Fsp3) is 0.600. The highest BCUT2D eigenvalue weighted by Crippen LogP contribution is 1.95. The van der Waals surface area contributed by atoms with E-state index in [0.29, 0.717) is 6.54 Å². The lowest BCUT2D eigenvalue weighted by Gasteiger charge is -2.15. The molecular weight excluding hydrogens is 178 g/mol. The molecule has 1 N–H and O–H groups in total. The van der Waals surface area contributed by atoms with Crippen LogP contribution < -0.4 is 5.32 Å². The number of aromatic nitrogens is 2. The molecule has 4 heteroatoms. The van der Waals surface area contributed by atoms with E-state index in [4.69, 9.17) is 0 Å². The van der Waals surface area contributed by atoms with E-state index in [0.717, 1.165) is 0 Å². The quantitative estimate of drug-likeness (QED) is 0.780. The molecule has 4 nitrogen and oxygen atoms in total. The van der Waals surface area contributed by atoms with Crippen molar-refractivity contribution >= 4 is 5.91 Å². The van der Waals surface area contributed by atoms with Gasteiger partial charge in [-0.15, -0.1) is 0 Å². The molecule has 78 valence electrons. The van der Waals surface area contributed by atoms with Gasteiger partial charge in [0.1, 0.15) is 0 Å². The number of amides is 1. The highest BCUT2D eigenvalue weighted by molar-refractivity contribution is 5.78. The maximum atomic E-state index is 11.3. The van der Waals surface area contributed by atoms with Crippen LogP contribution in [0.1, 0.15) is 20.8 Å². The molecule has 0 fully saturated rings. The topological polar surface area (TPSA) is 46.9 Å². The van der Waals surface area contributed by atoms with Crippen LogP contribution >= 0.6 is 0 Å². The van der Waals surface area contributed by atoms with Gasteiger partial charge >= 0.3 is 0 Å². The second-order valence-electron chi connectivity index (χ2n) is 3.79. The predicted molar refractivity (Wildman–Crippen MR) is 54.7 cm³/mol. The molecule has 1 aromatic heterocycles. The Balaban J connectivity index is 2.36. The number of rotatable bonds is 4. The van der Waals surface area contributed by atoms with Crippen LogP contribution in [0.4, 0.5) is 0 Å². The van der Waals surface area contributed by atoms with E-state index in [9.17, 15) is 4.79 Å². The standard InChI is InChI=1S/C10H17N3O/c1-8(2)10(14)12-9(3)7-13-6-4-5-11-13/h4-6,8-9H,7H2,1-3H3,(H,12,14)/t9-/m1/s1. The molecule has 0 saturated carbocycles. The van der Waals surface area contributed by atoms with Crippen molar-refractivity contribution in [3.05, 3.63) is 18.5 Å². The summed E-state index contributed by atoms with van der Waals surface area (Å²) < 4.78 is 1.81. The molecule has 0 aliphatic heterocycles. The minimum Gasteiger partial charge on any atom is -0.352 e. The zero-order valence-electron chi connectivity index (χ0n) is 8.90. The van der Waals surface area contributed by atoms with Crippen LogP contribution in [0.2, 0.25) is 0 Å². The number of hydrogen-bond acceptors (Lipinski definition) is 2. The summed E-state index contributed by atoms with van der Waals surface area (Å²) in [6, 6.07) is 1.99. The highest BCUT2D eigenvalue weighted by atomic mass is 16.1. The lowest BCUT2D eigenvalue weighted by atomic mass is 10.2. The largest absolute Gasteiger partial charge is 0.352 e. The smallest absolute Gasteiger partial charge is 0.222 e. The third-order valence-electron chi connectivity index (χ3n) is 1.93. The monoisotopic (exact) mass is 195 g/mol. The molecule has 0 saturated heterocycles. The van der Waals surface area contributed by atoms with E-state index in [2.05, 4.69) is 10.4 Å². The van der Waals surface area contributed by atoms with Crippen molar-refractivity contribution in [2.75, 3.05) is 0 Å². The average molecular weight is 195 g/mol. The van der Waals surface area contributed by atoms with Crippen molar-refractivity contribution in [3.63, 3.8) is 0 Å². The highest BCUT2D eigenvalue weighted by Gasteiger charge is 2.10. The van der Waals surface area contributed by atoms with Gasteiger partial charge in [-0.25, -0.2) is 0 Å². The van der Waals surface area contributed by atoms with Crippen molar-refractivity contribution in [1.82, 2.24) is 15.1 Å². The predicted octanol–water partition coefficient (Wildman–Crippen LogP) is 1.04. The van der Waals surface area contributed by atoms with Crippen LogP contribution in [-0.4, -0.2) is 21.7 Å². The van der Waals surface area contributed by atoms with Gasteiger partial charge in [-0.2, -0.15) is 5.10 Å². The first kappa shape index (κ1) is 10.8. The number of hydrogen-bond donors (Lipinski definition) is 1. The molecule has 1 amide bonds. The number of nitrogens with one attached hydrogen (secondary N) is 1. The molecule has 1 aromatic rings. The van der Waals surface area contributed by atoms with E-state index in [1.807, 2.05) is 37.7 Å². The summed E-state index contributed by atoms with van der Waals surface area (Å²) in [6.45, 7) is 6.46. The summed E-state index contributed by atoms with van der Waals surface area (Å²) in [6.07, 6.45) is 3.62. The van der Waals surface area contributed by atoms with E-state index in [-0.39, 0.29) is 17.9 Å². The van der Waals surface area contributed by atoms with Crippen molar-refractivity contribution in [1.29, 1.82) is 0 Å². The Kier molecular flexibility index (Phi) is 3.68. The summed E-state index contributed by atoms with van der Waals surface area (Å²) in [5.74, 6) is 0.125. The molecule has 14 heavy (non-hydrogen) atoms. The Labute approximate surface area is 84.3 Å². The van der Waals surface area contributed by atoms with E-state index < -0.39 is 0 Å². The van der Waals surface area contributed by atoms with Crippen LogP contribution in [0.15, 0.2) is 18.5 Å². The Bertz CT molecular complexity index is 280. The minimum atomic E-state index is 0.0371. The summed E-state index contributed by atoms with van der Waals surface area (Å²) in [5.41, 5.74) is 0. The number of carbonyl (C=O) groups excluding carboxylic acids is 1. The molecule has 0 radical (unpaired) electrons. The van der Waals surface area contributed by atoms with Gasteiger partial charge in [0.05, 0.1) is 6.54 Å². The molecule has 1 rings (SSSR count). The Hall–Kier alpha value is -1.32. The first-order valence-electron chi connectivity index (χ1n) is 4.87. The zero-order valence-corrected chi connectivity index (χ0v) is 8.90. The Morgan fingerprint density at radius 1 is 1.50 bits per heavy atom. The van der Waals surface area contributed by atoms with Crippen LogP contribution in [0.3, 0.4) is 0 Å². The minimum absolute atomic E-state index is 0.0371. The third-order valence-corrected chi connectivity index (χ3v) is 1.93. The summed E-state index contributed by atoms with van der Waals surface area (Å²) in [7, 11) is 0. The van der Waals surface area contributed by atoms with Gasteiger partial charge in [-0.1, -0.05) is 13.8 Å². The molecule has 0 bridgehead atoms. The lowest BCUT2D eigenvalue weighted by Crippen LogP contribution is -2.38. The first-order chi connectivity index (χ1) is 6.59. The molecule has 0 aliphatic carbocycles. The van der Waals surface area contributed by atoms with Crippen LogP contribution in [0.5, 0.6) is 0 Å². The zero-order chi connectivity index (χ0) is 10.6. The van der Waals surface area contributed by atoms with E-state index >= 15 is 0 Å². The van der Waals surface area contributed by atoms with Crippen molar-refractivity contribution in [2.45, 2.75) is 33.4 Å².